The number of hydrogen-bond donors (Lipinski definition) is 0. The number of anilines is 3. The quantitative estimate of drug-likeness (QED) is 0.185. The molecular formula is C46H35NO. The van der Waals surface area contributed by atoms with Gasteiger partial charge in [-0.15, -0.1) is 0 Å². The van der Waals surface area contributed by atoms with Gasteiger partial charge >= 0.3 is 0 Å². The zero-order chi connectivity index (χ0) is 31.9. The van der Waals surface area contributed by atoms with Crippen molar-refractivity contribution in [3.05, 3.63) is 204 Å². The molecule has 0 N–H and O–H groups in total. The molecular weight excluding hydrogens is 583 g/mol. The number of allylic oxidation sites excluding steroid dienone is 6. The normalized spacial score (nSPS) is 18.8. The maximum absolute atomic E-state index is 6.85. The number of rotatable bonds is 6. The first-order valence-electron chi connectivity index (χ1n) is 16.9. The van der Waals surface area contributed by atoms with Crippen molar-refractivity contribution in [3.8, 4) is 11.1 Å². The monoisotopic (exact) mass is 617 g/mol. The van der Waals surface area contributed by atoms with Crippen LogP contribution in [0.25, 0.3) is 28.9 Å². The molecule has 6 aromatic rings. The fourth-order valence-corrected chi connectivity index (χ4v) is 7.67. The molecule has 0 amide bonds. The first kappa shape index (κ1) is 28.4. The number of nitrogens with zero attached hydrogens (tertiary/aromatic N) is 1. The molecule has 48 heavy (non-hydrogen) atoms. The highest BCUT2D eigenvalue weighted by molar-refractivity contribution is 5.91. The van der Waals surface area contributed by atoms with Gasteiger partial charge in [0.15, 0.2) is 0 Å². The van der Waals surface area contributed by atoms with Crippen LogP contribution in [0.2, 0.25) is 0 Å². The Labute approximate surface area is 282 Å². The molecule has 0 aliphatic heterocycles. The van der Waals surface area contributed by atoms with E-state index in [9.17, 15) is 0 Å². The van der Waals surface area contributed by atoms with Gasteiger partial charge in [-0.1, -0.05) is 140 Å². The molecule has 0 radical (unpaired) electrons. The highest BCUT2D eigenvalue weighted by Crippen LogP contribution is 2.51. The van der Waals surface area contributed by atoms with Crippen molar-refractivity contribution < 1.29 is 4.42 Å². The van der Waals surface area contributed by atoms with E-state index in [0.717, 1.165) is 35.0 Å². The molecule has 2 nitrogen and oxygen atoms in total. The van der Waals surface area contributed by atoms with Gasteiger partial charge in [0.2, 0.25) is 0 Å². The number of hydrogen-bond acceptors (Lipinski definition) is 2. The van der Waals surface area contributed by atoms with Crippen molar-refractivity contribution in [1.29, 1.82) is 0 Å². The van der Waals surface area contributed by atoms with Crippen LogP contribution in [-0.4, -0.2) is 0 Å². The molecule has 1 aromatic heterocycles. The lowest BCUT2D eigenvalue weighted by Crippen LogP contribution is -2.17. The van der Waals surface area contributed by atoms with E-state index in [2.05, 4.69) is 187 Å². The number of furan rings is 1. The van der Waals surface area contributed by atoms with Crippen molar-refractivity contribution in [2.45, 2.75) is 18.3 Å². The van der Waals surface area contributed by atoms with Crippen molar-refractivity contribution >= 4 is 34.8 Å². The average Bonchev–Trinajstić information content (AvgIpc) is 3.56. The molecule has 0 bridgehead atoms. The molecule has 0 saturated carbocycles. The Hall–Kier alpha value is -5.86. The maximum atomic E-state index is 6.85. The second-order valence-electron chi connectivity index (χ2n) is 12.8. The highest BCUT2D eigenvalue weighted by Gasteiger charge is 2.37. The van der Waals surface area contributed by atoms with Crippen molar-refractivity contribution in [1.82, 2.24) is 0 Å². The van der Waals surface area contributed by atoms with Crippen LogP contribution in [0.4, 0.5) is 17.1 Å². The third-order valence-electron chi connectivity index (χ3n) is 10.0. The molecule has 9 rings (SSSR count). The lowest BCUT2D eigenvalue weighted by atomic mass is 9.73. The standard InChI is InChI=1S/C46H35NO/c1-4-13-32(14-5-1)33-23-27-37(28-24-33)47(36-17-8-3-9-18-36)38-29-25-35(26-30-38)43-31-44-42-22-12-21-39(34-15-6-2-7-16-34)45(42)48-46(44)41-20-11-10-19-40(41)43/h1-20,22-31,39-41H,21H2. The topological polar surface area (TPSA) is 16.4 Å². The van der Waals surface area contributed by atoms with Crippen molar-refractivity contribution in [2.24, 2.45) is 5.92 Å². The Morgan fingerprint density at radius 3 is 1.75 bits per heavy atom. The molecule has 3 unspecified atom stereocenters. The molecule has 3 atom stereocenters. The molecule has 230 valence electrons. The van der Waals surface area contributed by atoms with E-state index >= 15 is 0 Å². The van der Waals surface area contributed by atoms with E-state index in [1.165, 1.54) is 39.0 Å². The van der Waals surface area contributed by atoms with Crippen molar-refractivity contribution in [3.63, 3.8) is 0 Å². The summed E-state index contributed by atoms with van der Waals surface area (Å²) in [4.78, 5) is 2.33. The summed E-state index contributed by atoms with van der Waals surface area (Å²) in [7, 11) is 0. The summed E-state index contributed by atoms with van der Waals surface area (Å²) < 4.78 is 6.85. The first-order valence-corrected chi connectivity index (χ1v) is 16.9. The largest absolute Gasteiger partial charge is 0.463 e. The summed E-state index contributed by atoms with van der Waals surface area (Å²) >= 11 is 0. The third kappa shape index (κ3) is 4.98. The summed E-state index contributed by atoms with van der Waals surface area (Å²) in [5.74, 6) is 2.81. The van der Waals surface area contributed by atoms with Crippen LogP contribution >= 0.6 is 0 Å². The van der Waals surface area contributed by atoms with Crippen LogP contribution < -0.4 is 4.90 Å². The average molecular weight is 618 g/mol. The second-order valence-corrected chi connectivity index (χ2v) is 12.8. The minimum Gasteiger partial charge on any atom is -0.463 e. The van der Waals surface area contributed by atoms with Crippen LogP contribution in [0, 0.1) is 5.92 Å². The van der Waals surface area contributed by atoms with Gasteiger partial charge in [-0.3, -0.25) is 0 Å². The molecule has 0 spiro atoms. The minimum atomic E-state index is 0.170. The Bertz CT molecular complexity index is 2180. The van der Waals surface area contributed by atoms with Crippen molar-refractivity contribution in [2.75, 3.05) is 4.90 Å². The Kier molecular flexibility index (Phi) is 7.13. The predicted octanol–water partition coefficient (Wildman–Crippen LogP) is 12.3. The second kappa shape index (κ2) is 12.1. The van der Waals surface area contributed by atoms with Gasteiger partial charge < -0.3 is 9.32 Å². The summed E-state index contributed by atoms with van der Waals surface area (Å²) in [6, 6.07) is 49.9. The van der Waals surface area contributed by atoms with E-state index in [0.29, 0.717) is 0 Å². The van der Waals surface area contributed by atoms with Crippen LogP contribution in [0.5, 0.6) is 0 Å². The molecule has 3 aliphatic carbocycles. The molecule has 1 heterocycles. The minimum absolute atomic E-state index is 0.170. The summed E-state index contributed by atoms with van der Waals surface area (Å²) in [5.41, 5.74) is 12.1. The fourth-order valence-electron chi connectivity index (χ4n) is 7.67. The summed E-state index contributed by atoms with van der Waals surface area (Å²) in [6.45, 7) is 0. The molecule has 2 heteroatoms. The first-order chi connectivity index (χ1) is 23.8. The van der Waals surface area contributed by atoms with Gasteiger partial charge in [-0.25, -0.2) is 0 Å². The number of fused-ring (bicyclic) bond motifs is 5. The summed E-state index contributed by atoms with van der Waals surface area (Å²) in [6.07, 6.45) is 16.9. The fraction of sp³-hybridized carbons (Fsp3) is 0.0870. The van der Waals surface area contributed by atoms with E-state index in [-0.39, 0.29) is 17.8 Å². The van der Waals surface area contributed by atoms with Gasteiger partial charge in [0.05, 0.1) is 0 Å². The lowest BCUT2D eigenvalue weighted by Gasteiger charge is -2.30. The smallest absolute Gasteiger partial charge is 0.119 e. The van der Waals surface area contributed by atoms with E-state index < -0.39 is 0 Å². The number of para-hydroxylation sites is 1. The summed E-state index contributed by atoms with van der Waals surface area (Å²) in [5, 5.41) is 0. The van der Waals surface area contributed by atoms with Gasteiger partial charge in [0, 0.05) is 45.9 Å². The molecule has 0 saturated heterocycles. The van der Waals surface area contributed by atoms with Gasteiger partial charge in [0.25, 0.3) is 0 Å². The van der Waals surface area contributed by atoms with E-state index in [1.54, 1.807) is 0 Å². The Morgan fingerprint density at radius 2 is 1.06 bits per heavy atom. The van der Waals surface area contributed by atoms with Crippen LogP contribution in [0.15, 0.2) is 174 Å². The number of benzene rings is 5. The van der Waals surface area contributed by atoms with Crippen LogP contribution in [0.3, 0.4) is 0 Å². The zero-order valence-electron chi connectivity index (χ0n) is 26.6. The Morgan fingerprint density at radius 1 is 0.500 bits per heavy atom. The maximum Gasteiger partial charge on any atom is 0.119 e. The molecule has 0 fully saturated rings. The van der Waals surface area contributed by atoms with E-state index in [4.69, 9.17) is 4.42 Å². The molecule has 3 aliphatic rings. The van der Waals surface area contributed by atoms with Crippen LogP contribution in [0.1, 0.15) is 52.0 Å². The lowest BCUT2D eigenvalue weighted by molar-refractivity contribution is 0.419. The van der Waals surface area contributed by atoms with E-state index in [1.807, 2.05) is 0 Å². The zero-order valence-corrected chi connectivity index (χ0v) is 26.6. The third-order valence-corrected chi connectivity index (χ3v) is 10.0. The van der Waals surface area contributed by atoms with Crippen LogP contribution in [-0.2, 0) is 0 Å². The molecule has 5 aromatic carbocycles. The Balaban J connectivity index is 1.10. The van der Waals surface area contributed by atoms with Gasteiger partial charge in [0.1, 0.15) is 11.5 Å². The predicted molar refractivity (Wildman–Crippen MR) is 200 cm³/mol. The SMILES string of the molecule is C1=CC2C(c3ccc(N(c4ccccc4)c4ccc(-c5ccccc5)cc4)cc3)=Cc3c(oc4c3C=CCC4c3ccccc3)C2C=C1. The highest BCUT2D eigenvalue weighted by atomic mass is 16.3. The van der Waals surface area contributed by atoms with Gasteiger partial charge in [-0.05, 0) is 76.7 Å². The van der Waals surface area contributed by atoms with Gasteiger partial charge in [-0.2, -0.15) is 0 Å².